The number of carboxylic acid groups (broad SMARTS) is 1. The van der Waals surface area contributed by atoms with Crippen molar-refractivity contribution >= 4 is 22.9 Å². The highest BCUT2D eigenvalue weighted by atomic mass is 32.2. The number of nitrogens with zero attached hydrogens (tertiary/aromatic N) is 1. The molecule has 1 atom stereocenters. The number of amidine groups is 1. The maximum atomic E-state index is 11.6. The molecule has 118 valence electrons. The zero-order valence-corrected chi connectivity index (χ0v) is 13.4. The first kappa shape index (κ1) is 16.4. The number of carbonyl (C=O) groups is 1. The van der Waals surface area contributed by atoms with Crippen molar-refractivity contribution in [3.63, 3.8) is 0 Å². The van der Waals surface area contributed by atoms with Gasteiger partial charge in [-0.25, -0.2) is 9.79 Å². The smallest absolute Gasteiger partial charge is 0.335 e. The maximum absolute atomic E-state index is 11.6. The number of hydrogen-bond donors (Lipinski definition) is 2. The van der Waals surface area contributed by atoms with Crippen molar-refractivity contribution in [1.29, 1.82) is 0 Å². The lowest BCUT2D eigenvalue weighted by molar-refractivity contribution is -0.133. The van der Waals surface area contributed by atoms with Crippen molar-refractivity contribution in [3.05, 3.63) is 41.1 Å². The molecule has 0 amide bonds. The van der Waals surface area contributed by atoms with Crippen molar-refractivity contribution in [2.75, 3.05) is 20.2 Å². The molecule has 1 unspecified atom stereocenters. The van der Waals surface area contributed by atoms with Gasteiger partial charge in [-0.2, -0.15) is 0 Å². The first-order valence-electron chi connectivity index (χ1n) is 6.61. The van der Waals surface area contributed by atoms with E-state index in [1.54, 1.807) is 27.2 Å². The Morgan fingerprint density at radius 1 is 1.45 bits per heavy atom. The van der Waals surface area contributed by atoms with Crippen LogP contribution >= 0.6 is 11.8 Å². The Morgan fingerprint density at radius 3 is 2.86 bits per heavy atom. The quantitative estimate of drug-likeness (QED) is 0.810. The Hall–Kier alpha value is -1.99. The molecule has 0 fully saturated rings. The summed E-state index contributed by atoms with van der Waals surface area (Å²) in [7, 11) is 3.17. The van der Waals surface area contributed by atoms with Gasteiger partial charge in [-0.05, 0) is 24.6 Å². The number of ether oxygens (including phenoxy) is 2. The zero-order valence-electron chi connectivity index (χ0n) is 12.6. The number of methoxy groups -OCH3 is 2. The number of thioether (sulfide) groups is 1. The number of allylic oxidation sites excluding steroid dienone is 1. The lowest BCUT2D eigenvalue weighted by atomic mass is 9.96. The Labute approximate surface area is 133 Å². The Kier molecular flexibility index (Phi) is 5.46. The molecular weight excluding hydrogens is 304 g/mol. The van der Waals surface area contributed by atoms with Gasteiger partial charge in [0.2, 0.25) is 0 Å². The van der Waals surface area contributed by atoms with Crippen molar-refractivity contribution in [2.45, 2.75) is 13.0 Å². The molecule has 1 aliphatic rings. The first-order valence-corrected chi connectivity index (χ1v) is 7.60. The van der Waals surface area contributed by atoms with E-state index in [2.05, 4.69) is 10.3 Å². The normalized spacial score (nSPS) is 17.8. The number of rotatable bonds is 5. The molecule has 0 radical (unpaired) electrons. The highest BCUT2D eigenvalue weighted by Gasteiger charge is 2.29. The topological polar surface area (TPSA) is 80.2 Å². The lowest BCUT2D eigenvalue weighted by Gasteiger charge is -2.24. The minimum Gasteiger partial charge on any atom is -0.497 e. The van der Waals surface area contributed by atoms with E-state index in [9.17, 15) is 9.90 Å². The molecule has 0 saturated heterocycles. The fourth-order valence-corrected chi connectivity index (χ4v) is 2.80. The lowest BCUT2D eigenvalue weighted by Crippen LogP contribution is -2.30. The number of aliphatic carboxylic acids is 1. The third-order valence-electron chi connectivity index (χ3n) is 3.17. The van der Waals surface area contributed by atoms with Crippen LogP contribution in [0.1, 0.15) is 18.5 Å². The van der Waals surface area contributed by atoms with E-state index < -0.39 is 12.0 Å². The van der Waals surface area contributed by atoms with Gasteiger partial charge >= 0.3 is 5.97 Å². The second-order valence-electron chi connectivity index (χ2n) is 4.63. The van der Waals surface area contributed by atoms with E-state index in [1.807, 2.05) is 18.2 Å². The van der Waals surface area contributed by atoms with Crippen LogP contribution < -0.4 is 10.1 Å². The molecule has 0 saturated carbocycles. The third-order valence-corrected chi connectivity index (χ3v) is 4.01. The molecule has 0 aliphatic carbocycles. The fourth-order valence-electron chi connectivity index (χ4n) is 2.17. The molecule has 22 heavy (non-hydrogen) atoms. The molecule has 1 aromatic carbocycles. The average Bonchev–Trinajstić information content (AvgIpc) is 2.51. The van der Waals surface area contributed by atoms with Crippen LogP contribution in [-0.2, 0) is 9.53 Å². The first-order chi connectivity index (χ1) is 10.6. The molecule has 7 heteroatoms. The number of nitrogens with one attached hydrogen (secondary N) is 1. The van der Waals surface area contributed by atoms with E-state index in [1.165, 1.54) is 11.8 Å². The molecule has 1 aromatic rings. The summed E-state index contributed by atoms with van der Waals surface area (Å²) in [6.07, 6.45) is 0. The second-order valence-corrected chi connectivity index (χ2v) is 5.54. The van der Waals surface area contributed by atoms with Crippen molar-refractivity contribution < 1.29 is 19.4 Å². The highest BCUT2D eigenvalue weighted by molar-refractivity contribution is 8.13. The summed E-state index contributed by atoms with van der Waals surface area (Å²) in [6, 6.07) is 6.70. The number of aliphatic imine (C=N–C) groups is 1. The van der Waals surface area contributed by atoms with E-state index in [4.69, 9.17) is 9.47 Å². The molecule has 0 bridgehead atoms. The van der Waals surface area contributed by atoms with Crippen LogP contribution in [0.25, 0.3) is 0 Å². The van der Waals surface area contributed by atoms with Crippen molar-refractivity contribution in [3.8, 4) is 5.75 Å². The minimum absolute atomic E-state index is 0.231. The minimum atomic E-state index is -0.989. The standard InChI is InChI=1S/C15H18N2O4S/c1-9-12(14(18)19)13(17-15(16-9)22-8-20-2)10-5-4-6-11(7-10)21-3/h4-7,13H,8H2,1-3H3,(H,16,17)(H,18,19). The molecule has 1 aliphatic heterocycles. The maximum Gasteiger partial charge on any atom is 0.335 e. The molecule has 2 rings (SSSR count). The van der Waals surface area contributed by atoms with Crippen molar-refractivity contribution in [2.24, 2.45) is 4.99 Å². The summed E-state index contributed by atoms with van der Waals surface area (Å²) in [5.41, 5.74) is 1.58. The second kappa shape index (κ2) is 7.33. The van der Waals surface area contributed by atoms with Crippen LogP contribution in [0.3, 0.4) is 0 Å². The van der Waals surface area contributed by atoms with Crippen molar-refractivity contribution in [1.82, 2.24) is 5.32 Å². The Balaban J connectivity index is 2.42. The molecule has 6 nitrogen and oxygen atoms in total. The summed E-state index contributed by atoms with van der Waals surface area (Å²) in [5, 5.41) is 13.1. The fraction of sp³-hybridized carbons (Fsp3) is 0.333. The van der Waals surface area contributed by atoms with Gasteiger partial charge in [-0.15, -0.1) is 0 Å². The summed E-state index contributed by atoms with van der Waals surface area (Å²) < 4.78 is 10.2. The summed E-state index contributed by atoms with van der Waals surface area (Å²) in [6.45, 7) is 1.73. The molecular formula is C15H18N2O4S. The molecule has 0 aromatic heterocycles. The van der Waals surface area contributed by atoms with Gasteiger partial charge in [0.25, 0.3) is 0 Å². The van der Waals surface area contributed by atoms with Crippen LogP contribution in [0.4, 0.5) is 0 Å². The van der Waals surface area contributed by atoms with Gasteiger partial charge in [-0.1, -0.05) is 23.9 Å². The van der Waals surface area contributed by atoms with Gasteiger partial charge in [0.1, 0.15) is 11.8 Å². The molecule has 1 heterocycles. The van der Waals surface area contributed by atoms with Gasteiger partial charge in [-0.3, -0.25) is 0 Å². The molecule has 0 spiro atoms. The summed E-state index contributed by atoms with van der Waals surface area (Å²) in [5.74, 6) is 0.115. The Bertz CT molecular complexity index is 628. The highest BCUT2D eigenvalue weighted by Crippen LogP contribution is 2.33. The predicted molar refractivity (Wildman–Crippen MR) is 86.1 cm³/mol. The zero-order chi connectivity index (χ0) is 16.1. The van der Waals surface area contributed by atoms with Gasteiger partial charge in [0.15, 0.2) is 5.17 Å². The van der Waals surface area contributed by atoms with Crippen LogP contribution in [0.5, 0.6) is 5.75 Å². The van der Waals surface area contributed by atoms with Crippen LogP contribution in [0, 0.1) is 0 Å². The Morgan fingerprint density at radius 2 is 2.23 bits per heavy atom. The van der Waals surface area contributed by atoms with E-state index in [0.717, 1.165) is 5.56 Å². The van der Waals surface area contributed by atoms with Gasteiger partial charge in [0, 0.05) is 12.8 Å². The van der Waals surface area contributed by atoms with Crippen LogP contribution in [-0.4, -0.2) is 36.4 Å². The number of carboxylic acids is 1. The average molecular weight is 322 g/mol. The molecule has 2 N–H and O–H groups in total. The predicted octanol–water partition coefficient (Wildman–Crippen LogP) is 2.39. The van der Waals surface area contributed by atoms with Gasteiger partial charge < -0.3 is 19.9 Å². The SMILES string of the molecule is COCSC1=NC(c2cccc(OC)c2)C(C(=O)O)=C(C)N1. The van der Waals surface area contributed by atoms with E-state index in [-0.39, 0.29) is 5.57 Å². The number of hydrogen-bond acceptors (Lipinski definition) is 6. The third kappa shape index (κ3) is 3.61. The van der Waals surface area contributed by atoms with Crippen LogP contribution in [0.2, 0.25) is 0 Å². The summed E-state index contributed by atoms with van der Waals surface area (Å²) in [4.78, 5) is 16.1. The van der Waals surface area contributed by atoms with Crippen LogP contribution in [0.15, 0.2) is 40.5 Å². The van der Waals surface area contributed by atoms with E-state index in [0.29, 0.717) is 22.6 Å². The van der Waals surface area contributed by atoms with E-state index >= 15 is 0 Å². The number of benzene rings is 1. The largest absolute Gasteiger partial charge is 0.497 e. The summed E-state index contributed by atoms with van der Waals surface area (Å²) >= 11 is 1.38. The van der Waals surface area contributed by atoms with Gasteiger partial charge in [0.05, 0.1) is 18.6 Å². The monoisotopic (exact) mass is 322 g/mol.